The van der Waals surface area contributed by atoms with Gasteiger partial charge in [0.1, 0.15) is 0 Å². The van der Waals surface area contributed by atoms with E-state index in [-0.39, 0.29) is 24.4 Å². The van der Waals surface area contributed by atoms with Crippen molar-refractivity contribution in [2.24, 2.45) is 5.73 Å². The molecule has 0 aromatic heterocycles. The van der Waals surface area contributed by atoms with Gasteiger partial charge in [0.15, 0.2) is 0 Å². The molecular formula is C7H15ClN2O. The molecule has 1 rings (SSSR count). The molecule has 0 saturated carbocycles. The Balaban J connectivity index is 0.000001000. The fourth-order valence-electron chi connectivity index (χ4n) is 1.24. The number of nitrogens with two attached hydrogens (primary N) is 1. The lowest BCUT2D eigenvalue weighted by atomic mass is 10.3. The molecule has 11 heavy (non-hydrogen) atoms. The Morgan fingerprint density at radius 1 is 1.73 bits per heavy atom. The minimum atomic E-state index is 0. The Bertz CT molecular complexity index is 140. The number of amides is 1. The number of hydrogen-bond acceptors (Lipinski definition) is 2. The maximum Gasteiger partial charge on any atom is 0.222 e. The van der Waals surface area contributed by atoms with Crippen LogP contribution in [0.2, 0.25) is 0 Å². The van der Waals surface area contributed by atoms with Gasteiger partial charge in [-0.25, -0.2) is 0 Å². The van der Waals surface area contributed by atoms with Gasteiger partial charge in [0.05, 0.1) is 0 Å². The monoisotopic (exact) mass is 178 g/mol. The van der Waals surface area contributed by atoms with Crippen molar-refractivity contribution in [2.75, 3.05) is 13.1 Å². The van der Waals surface area contributed by atoms with E-state index in [4.69, 9.17) is 5.73 Å². The Morgan fingerprint density at radius 2 is 2.36 bits per heavy atom. The molecule has 1 amide bonds. The summed E-state index contributed by atoms with van der Waals surface area (Å²) in [6.07, 6.45) is 1.57. The summed E-state index contributed by atoms with van der Waals surface area (Å²) < 4.78 is 0. The number of likely N-dealkylation sites (tertiary alicyclic amines) is 1. The second-order valence-electron chi connectivity index (χ2n) is 2.74. The first-order chi connectivity index (χ1) is 4.74. The summed E-state index contributed by atoms with van der Waals surface area (Å²) in [5.74, 6) is 0.230. The molecular weight excluding hydrogens is 164 g/mol. The van der Waals surface area contributed by atoms with Crippen molar-refractivity contribution < 1.29 is 4.79 Å². The molecule has 3 nitrogen and oxygen atoms in total. The molecule has 0 aliphatic carbocycles. The molecule has 1 heterocycles. The third kappa shape index (κ3) is 2.67. The Labute approximate surface area is 73.3 Å². The van der Waals surface area contributed by atoms with E-state index in [9.17, 15) is 4.79 Å². The standard InChI is InChI=1S/C7H14N2O.ClH/c1-2-7(10)9-4-3-6(8)5-9;/h6H,2-5,8H2,1H3;1H. The van der Waals surface area contributed by atoms with Crippen LogP contribution in [0, 0.1) is 0 Å². The van der Waals surface area contributed by atoms with Crippen LogP contribution in [-0.4, -0.2) is 29.9 Å². The van der Waals surface area contributed by atoms with Gasteiger partial charge in [0, 0.05) is 25.6 Å². The highest BCUT2D eigenvalue weighted by molar-refractivity contribution is 5.85. The van der Waals surface area contributed by atoms with Crippen LogP contribution in [0.3, 0.4) is 0 Å². The quantitative estimate of drug-likeness (QED) is 0.631. The van der Waals surface area contributed by atoms with E-state index in [1.165, 1.54) is 0 Å². The van der Waals surface area contributed by atoms with Crippen molar-refractivity contribution in [1.82, 2.24) is 4.90 Å². The predicted molar refractivity (Wildman–Crippen MR) is 46.7 cm³/mol. The number of carbonyl (C=O) groups is 1. The van der Waals surface area contributed by atoms with Gasteiger partial charge in [-0.05, 0) is 6.42 Å². The van der Waals surface area contributed by atoms with Crippen LogP contribution in [0.1, 0.15) is 19.8 Å². The molecule has 0 spiro atoms. The zero-order chi connectivity index (χ0) is 7.56. The Morgan fingerprint density at radius 3 is 2.73 bits per heavy atom. The van der Waals surface area contributed by atoms with E-state index in [0.717, 1.165) is 19.5 Å². The van der Waals surface area contributed by atoms with Gasteiger partial charge >= 0.3 is 0 Å². The molecule has 0 aromatic carbocycles. The summed E-state index contributed by atoms with van der Waals surface area (Å²) in [6.45, 7) is 3.49. The molecule has 1 fully saturated rings. The van der Waals surface area contributed by atoms with Crippen molar-refractivity contribution in [3.05, 3.63) is 0 Å². The van der Waals surface area contributed by atoms with Gasteiger partial charge in [0.2, 0.25) is 5.91 Å². The molecule has 4 heteroatoms. The highest BCUT2D eigenvalue weighted by Crippen LogP contribution is 2.07. The van der Waals surface area contributed by atoms with Gasteiger partial charge in [-0.15, -0.1) is 12.4 Å². The van der Waals surface area contributed by atoms with Gasteiger partial charge in [-0.1, -0.05) is 6.92 Å². The smallest absolute Gasteiger partial charge is 0.222 e. The van der Waals surface area contributed by atoms with Gasteiger partial charge in [-0.3, -0.25) is 4.79 Å². The minimum absolute atomic E-state index is 0. The third-order valence-corrected chi connectivity index (χ3v) is 1.88. The summed E-state index contributed by atoms with van der Waals surface area (Å²) in [5, 5.41) is 0. The van der Waals surface area contributed by atoms with E-state index in [0.29, 0.717) is 6.42 Å². The van der Waals surface area contributed by atoms with Crippen LogP contribution in [-0.2, 0) is 4.79 Å². The maximum atomic E-state index is 11.0. The third-order valence-electron chi connectivity index (χ3n) is 1.88. The van der Waals surface area contributed by atoms with Crippen LogP contribution in [0.25, 0.3) is 0 Å². The SMILES string of the molecule is CCC(=O)N1CCC(N)C1.Cl. The number of carbonyl (C=O) groups excluding carboxylic acids is 1. The average Bonchev–Trinajstić information content (AvgIpc) is 2.34. The van der Waals surface area contributed by atoms with E-state index < -0.39 is 0 Å². The fraction of sp³-hybridized carbons (Fsp3) is 0.857. The molecule has 1 atom stereocenters. The first kappa shape index (κ1) is 10.7. The van der Waals surface area contributed by atoms with Crippen molar-refractivity contribution in [3.8, 4) is 0 Å². The van der Waals surface area contributed by atoms with E-state index in [1.807, 2.05) is 11.8 Å². The second kappa shape index (κ2) is 4.57. The molecule has 1 saturated heterocycles. The average molecular weight is 179 g/mol. The first-order valence-corrected chi connectivity index (χ1v) is 3.77. The van der Waals surface area contributed by atoms with Crippen LogP contribution in [0.4, 0.5) is 0 Å². The molecule has 1 aliphatic rings. The van der Waals surface area contributed by atoms with Crippen molar-refractivity contribution in [1.29, 1.82) is 0 Å². The van der Waals surface area contributed by atoms with E-state index >= 15 is 0 Å². The minimum Gasteiger partial charge on any atom is -0.341 e. The highest BCUT2D eigenvalue weighted by Gasteiger charge is 2.21. The summed E-state index contributed by atoms with van der Waals surface area (Å²) >= 11 is 0. The Kier molecular flexibility index (Phi) is 4.45. The summed E-state index contributed by atoms with van der Waals surface area (Å²) in [6, 6.07) is 0.218. The van der Waals surface area contributed by atoms with E-state index in [1.54, 1.807) is 0 Å². The van der Waals surface area contributed by atoms with Crippen LogP contribution in [0.15, 0.2) is 0 Å². The molecule has 1 aliphatic heterocycles. The van der Waals surface area contributed by atoms with Gasteiger partial charge < -0.3 is 10.6 Å². The molecule has 1 unspecified atom stereocenters. The highest BCUT2D eigenvalue weighted by atomic mass is 35.5. The largest absolute Gasteiger partial charge is 0.341 e. The lowest BCUT2D eigenvalue weighted by Gasteiger charge is -2.13. The van der Waals surface area contributed by atoms with Crippen molar-refractivity contribution in [2.45, 2.75) is 25.8 Å². The lowest BCUT2D eigenvalue weighted by Crippen LogP contribution is -2.31. The first-order valence-electron chi connectivity index (χ1n) is 3.77. The van der Waals surface area contributed by atoms with Crippen molar-refractivity contribution >= 4 is 18.3 Å². The topological polar surface area (TPSA) is 46.3 Å². The lowest BCUT2D eigenvalue weighted by molar-refractivity contribution is -0.129. The summed E-state index contributed by atoms with van der Waals surface area (Å²) in [4.78, 5) is 12.9. The fourth-order valence-corrected chi connectivity index (χ4v) is 1.24. The number of halogens is 1. The number of nitrogens with zero attached hydrogens (tertiary/aromatic N) is 1. The normalized spacial score (nSPS) is 23.1. The molecule has 2 N–H and O–H groups in total. The summed E-state index contributed by atoms with van der Waals surface area (Å²) in [7, 11) is 0. The zero-order valence-electron chi connectivity index (χ0n) is 6.75. The molecule has 0 radical (unpaired) electrons. The van der Waals surface area contributed by atoms with Crippen molar-refractivity contribution in [3.63, 3.8) is 0 Å². The molecule has 0 aromatic rings. The predicted octanol–water partition coefficient (Wildman–Crippen LogP) is 0.378. The van der Waals surface area contributed by atoms with Gasteiger partial charge in [-0.2, -0.15) is 0 Å². The van der Waals surface area contributed by atoms with Crippen LogP contribution >= 0.6 is 12.4 Å². The van der Waals surface area contributed by atoms with Crippen LogP contribution < -0.4 is 5.73 Å². The summed E-state index contributed by atoms with van der Waals surface area (Å²) in [5.41, 5.74) is 5.62. The molecule has 0 bridgehead atoms. The second-order valence-corrected chi connectivity index (χ2v) is 2.74. The maximum absolute atomic E-state index is 11.0. The van der Waals surface area contributed by atoms with Gasteiger partial charge in [0.25, 0.3) is 0 Å². The molecule has 66 valence electrons. The number of hydrogen-bond donors (Lipinski definition) is 1. The Hall–Kier alpha value is -0.280. The number of rotatable bonds is 1. The van der Waals surface area contributed by atoms with E-state index in [2.05, 4.69) is 0 Å². The van der Waals surface area contributed by atoms with Crippen LogP contribution in [0.5, 0.6) is 0 Å². The zero-order valence-corrected chi connectivity index (χ0v) is 7.56.